The lowest BCUT2D eigenvalue weighted by molar-refractivity contribution is 0.287. The van der Waals surface area contributed by atoms with Crippen LogP contribution >= 0.6 is 0 Å². The van der Waals surface area contributed by atoms with Crippen LogP contribution in [0.3, 0.4) is 0 Å². The van der Waals surface area contributed by atoms with Crippen molar-refractivity contribution >= 4 is 0 Å². The second-order valence-corrected chi connectivity index (χ2v) is 5.47. The molecule has 0 aromatic heterocycles. The SMILES string of the molecule is CCNC(CCOc1cccc(C)c1)c1ccc(C)cc1. The molecule has 0 aliphatic rings. The third kappa shape index (κ3) is 4.91. The molecular formula is C19H25NO. The molecule has 2 aromatic rings. The summed E-state index contributed by atoms with van der Waals surface area (Å²) in [6.45, 7) is 8.02. The van der Waals surface area contributed by atoms with Crippen molar-refractivity contribution in [1.29, 1.82) is 0 Å². The Morgan fingerprint density at radius 3 is 2.43 bits per heavy atom. The zero-order chi connectivity index (χ0) is 15.1. The van der Waals surface area contributed by atoms with Gasteiger partial charge >= 0.3 is 0 Å². The number of aryl methyl sites for hydroxylation is 2. The number of hydrogen-bond donors (Lipinski definition) is 1. The highest BCUT2D eigenvalue weighted by molar-refractivity contribution is 5.27. The molecule has 1 unspecified atom stereocenters. The summed E-state index contributed by atoms with van der Waals surface area (Å²) in [6, 6.07) is 17.3. The van der Waals surface area contributed by atoms with E-state index >= 15 is 0 Å². The molecule has 1 atom stereocenters. The lowest BCUT2D eigenvalue weighted by Crippen LogP contribution is -2.22. The third-order valence-corrected chi connectivity index (χ3v) is 3.60. The summed E-state index contributed by atoms with van der Waals surface area (Å²) < 4.78 is 5.87. The fourth-order valence-corrected chi connectivity index (χ4v) is 2.43. The Morgan fingerprint density at radius 1 is 1.00 bits per heavy atom. The Kier molecular flexibility index (Phi) is 5.82. The van der Waals surface area contributed by atoms with E-state index in [1.54, 1.807) is 0 Å². The van der Waals surface area contributed by atoms with Crippen molar-refractivity contribution in [1.82, 2.24) is 5.32 Å². The second-order valence-electron chi connectivity index (χ2n) is 5.47. The maximum atomic E-state index is 5.87. The molecule has 2 rings (SSSR count). The van der Waals surface area contributed by atoms with Gasteiger partial charge in [0.1, 0.15) is 5.75 Å². The molecule has 0 aliphatic heterocycles. The van der Waals surface area contributed by atoms with Crippen LogP contribution in [0.4, 0.5) is 0 Å². The van der Waals surface area contributed by atoms with E-state index in [4.69, 9.17) is 4.74 Å². The van der Waals surface area contributed by atoms with Crippen LogP contribution < -0.4 is 10.1 Å². The molecule has 2 nitrogen and oxygen atoms in total. The highest BCUT2D eigenvalue weighted by atomic mass is 16.5. The lowest BCUT2D eigenvalue weighted by Gasteiger charge is -2.19. The van der Waals surface area contributed by atoms with Crippen molar-refractivity contribution in [3.05, 3.63) is 65.2 Å². The van der Waals surface area contributed by atoms with Gasteiger partial charge in [0, 0.05) is 12.5 Å². The van der Waals surface area contributed by atoms with Crippen LogP contribution in [0.1, 0.15) is 36.1 Å². The van der Waals surface area contributed by atoms with E-state index < -0.39 is 0 Å². The minimum atomic E-state index is 0.348. The first-order chi connectivity index (χ1) is 10.2. The van der Waals surface area contributed by atoms with E-state index in [9.17, 15) is 0 Å². The van der Waals surface area contributed by atoms with Crippen molar-refractivity contribution in [2.24, 2.45) is 0 Å². The minimum Gasteiger partial charge on any atom is -0.494 e. The molecule has 112 valence electrons. The van der Waals surface area contributed by atoms with Crippen molar-refractivity contribution in [2.75, 3.05) is 13.2 Å². The highest BCUT2D eigenvalue weighted by Gasteiger charge is 2.10. The monoisotopic (exact) mass is 283 g/mol. The van der Waals surface area contributed by atoms with Gasteiger partial charge < -0.3 is 10.1 Å². The molecule has 1 N–H and O–H groups in total. The number of ether oxygens (including phenoxy) is 1. The Hall–Kier alpha value is -1.80. The molecule has 21 heavy (non-hydrogen) atoms. The summed E-state index contributed by atoms with van der Waals surface area (Å²) in [5.74, 6) is 0.953. The van der Waals surface area contributed by atoms with Crippen LogP contribution in [0, 0.1) is 13.8 Å². The number of nitrogens with one attached hydrogen (secondary N) is 1. The summed E-state index contributed by atoms with van der Waals surface area (Å²) >= 11 is 0. The molecule has 0 spiro atoms. The molecule has 0 heterocycles. The average Bonchev–Trinajstić information content (AvgIpc) is 2.47. The lowest BCUT2D eigenvalue weighted by atomic mass is 10.0. The van der Waals surface area contributed by atoms with Crippen molar-refractivity contribution in [2.45, 2.75) is 33.2 Å². The van der Waals surface area contributed by atoms with Crippen molar-refractivity contribution in [3.8, 4) is 5.75 Å². The fraction of sp³-hybridized carbons (Fsp3) is 0.368. The highest BCUT2D eigenvalue weighted by Crippen LogP contribution is 2.19. The number of rotatable bonds is 7. The molecule has 0 bridgehead atoms. The predicted octanol–water partition coefficient (Wildman–Crippen LogP) is 4.42. The van der Waals surface area contributed by atoms with Crippen LogP contribution in [-0.2, 0) is 0 Å². The van der Waals surface area contributed by atoms with Crippen LogP contribution in [0.2, 0.25) is 0 Å². The standard InChI is InChI=1S/C19H25NO/c1-4-20-19(17-10-8-15(2)9-11-17)12-13-21-18-7-5-6-16(3)14-18/h5-11,14,19-20H,4,12-13H2,1-3H3. The van der Waals surface area contributed by atoms with E-state index in [0.717, 1.165) is 25.3 Å². The van der Waals surface area contributed by atoms with E-state index in [2.05, 4.69) is 62.5 Å². The van der Waals surface area contributed by atoms with Gasteiger partial charge in [0.25, 0.3) is 0 Å². The van der Waals surface area contributed by atoms with Gasteiger partial charge in [-0.3, -0.25) is 0 Å². The first-order valence-electron chi connectivity index (χ1n) is 7.68. The molecule has 0 amide bonds. The fourth-order valence-electron chi connectivity index (χ4n) is 2.43. The van der Waals surface area contributed by atoms with Gasteiger partial charge in [0.2, 0.25) is 0 Å². The Balaban J connectivity index is 1.92. The Labute approximate surface area is 128 Å². The van der Waals surface area contributed by atoms with Crippen LogP contribution in [0.15, 0.2) is 48.5 Å². The van der Waals surface area contributed by atoms with Gasteiger partial charge in [-0.25, -0.2) is 0 Å². The van der Waals surface area contributed by atoms with E-state index in [0.29, 0.717) is 6.04 Å². The van der Waals surface area contributed by atoms with Crippen molar-refractivity contribution < 1.29 is 4.74 Å². The Morgan fingerprint density at radius 2 is 1.76 bits per heavy atom. The predicted molar refractivity (Wildman–Crippen MR) is 88.9 cm³/mol. The maximum Gasteiger partial charge on any atom is 0.119 e. The summed E-state index contributed by atoms with van der Waals surface area (Å²) in [5, 5.41) is 3.54. The van der Waals surface area contributed by atoms with Crippen LogP contribution in [0.25, 0.3) is 0 Å². The zero-order valence-corrected chi connectivity index (χ0v) is 13.2. The molecule has 2 aromatic carbocycles. The summed E-state index contributed by atoms with van der Waals surface area (Å²) in [6.07, 6.45) is 0.963. The smallest absolute Gasteiger partial charge is 0.119 e. The van der Waals surface area contributed by atoms with Crippen LogP contribution in [-0.4, -0.2) is 13.2 Å². The summed E-state index contributed by atoms with van der Waals surface area (Å²) in [7, 11) is 0. The number of hydrogen-bond acceptors (Lipinski definition) is 2. The normalized spacial score (nSPS) is 12.1. The van der Waals surface area contributed by atoms with Crippen molar-refractivity contribution in [3.63, 3.8) is 0 Å². The summed E-state index contributed by atoms with van der Waals surface area (Å²) in [4.78, 5) is 0. The van der Waals surface area contributed by atoms with Crippen LogP contribution in [0.5, 0.6) is 5.75 Å². The molecular weight excluding hydrogens is 258 g/mol. The van der Waals surface area contributed by atoms with E-state index in [-0.39, 0.29) is 0 Å². The van der Waals surface area contributed by atoms with Gasteiger partial charge in [-0.05, 0) is 43.7 Å². The Bertz CT molecular complexity index is 548. The topological polar surface area (TPSA) is 21.3 Å². The second kappa shape index (κ2) is 7.84. The van der Waals surface area contributed by atoms with Gasteiger partial charge in [-0.15, -0.1) is 0 Å². The quantitative estimate of drug-likeness (QED) is 0.812. The van der Waals surface area contributed by atoms with E-state index in [1.165, 1.54) is 16.7 Å². The first kappa shape index (κ1) is 15.6. The molecule has 0 saturated heterocycles. The number of benzene rings is 2. The molecule has 0 aliphatic carbocycles. The molecule has 2 heteroatoms. The van der Waals surface area contributed by atoms with E-state index in [1.807, 2.05) is 12.1 Å². The molecule has 0 radical (unpaired) electrons. The average molecular weight is 283 g/mol. The molecule has 0 fully saturated rings. The largest absolute Gasteiger partial charge is 0.494 e. The maximum absolute atomic E-state index is 5.87. The van der Waals surface area contributed by atoms with Gasteiger partial charge in [0.05, 0.1) is 6.61 Å². The van der Waals surface area contributed by atoms with Gasteiger partial charge in [-0.2, -0.15) is 0 Å². The third-order valence-electron chi connectivity index (χ3n) is 3.60. The zero-order valence-electron chi connectivity index (χ0n) is 13.2. The minimum absolute atomic E-state index is 0.348. The van der Waals surface area contributed by atoms with Gasteiger partial charge in [0.15, 0.2) is 0 Å². The van der Waals surface area contributed by atoms with Gasteiger partial charge in [-0.1, -0.05) is 48.9 Å². The summed E-state index contributed by atoms with van der Waals surface area (Å²) in [5.41, 5.74) is 3.86. The molecule has 0 saturated carbocycles. The first-order valence-corrected chi connectivity index (χ1v) is 7.68.